The fourth-order valence-electron chi connectivity index (χ4n) is 3.85. The monoisotopic (exact) mass is 452 g/mol. The zero-order valence-corrected chi connectivity index (χ0v) is 18.5. The van der Waals surface area contributed by atoms with Crippen molar-refractivity contribution >= 4 is 11.6 Å². The van der Waals surface area contributed by atoms with Gasteiger partial charge in [-0.25, -0.2) is 9.07 Å². The Balaban J connectivity index is 1.45. The van der Waals surface area contributed by atoms with Gasteiger partial charge in [0.05, 0.1) is 25.6 Å². The fourth-order valence-corrected chi connectivity index (χ4v) is 3.85. The predicted molar refractivity (Wildman–Crippen MR) is 122 cm³/mol. The molecule has 0 aliphatic carbocycles. The molecule has 0 saturated carbocycles. The van der Waals surface area contributed by atoms with Crippen molar-refractivity contribution in [1.82, 2.24) is 14.7 Å². The van der Waals surface area contributed by atoms with E-state index in [2.05, 4.69) is 10.00 Å². The molecule has 1 saturated heterocycles. The molecule has 0 N–H and O–H groups in total. The molecular formula is C24H25FN4O4. The van der Waals surface area contributed by atoms with Crippen LogP contribution >= 0.6 is 0 Å². The third kappa shape index (κ3) is 4.82. The number of amides is 1. The second-order valence-corrected chi connectivity index (χ2v) is 7.60. The average Bonchev–Trinajstić information content (AvgIpc) is 2.85. The third-order valence-electron chi connectivity index (χ3n) is 5.66. The summed E-state index contributed by atoms with van der Waals surface area (Å²) in [5.74, 6) is 0.435. The number of benzene rings is 2. The third-order valence-corrected chi connectivity index (χ3v) is 5.66. The van der Waals surface area contributed by atoms with Crippen molar-refractivity contribution in [3.05, 3.63) is 70.8 Å². The summed E-state index contributed by atoms with van der Waals surface area (Å²) in [7, 11) is 3.09. The van der Waals surface area contributed by atoms with Crippen molar-refractivity contribution in [1.29, 1.82) is 0 Å². The van der Waals surface area contributed by atoms with Gasteiger partial charge in [-0.3, -0.25) is 9.59 Å². The molecule has 9 heteroatoms. The summed E-state index contributed by atoms with van der Waals surface area (Å²) in [6, 6.07) is 14.9. The molecule has 1 fully saturated rings. The quantitative estimate of drug-likeness (QED) is 0.572. The molecule has 0 spiro atoms. The summed E-state index contributed by atoms with van der Waals surface area (Å²) in [6.45, 7) is 2.10. The lowest BCUT2D eigenvalue weighted by Crippen LogP contribution is -2.50. The van der Waals surface area contributed by atoms with Crippen LogP contribution in [0.1, 0.15) is 0 Å². The maximum absolute atomic E-state index is 14.4. The van der Waals surface area contributed by atoms with Gasteiger partial charge in [0.15, 0.2) is 0 Å². The first kappa shape index (κ1) is 22.3. The van der Waals surface area contributed by atoms with Crippen molar-refractivity contribution < 1.29 is 18.7 Å². The zero-order valence-electron chi connectivity index (χ0n) is 18.5. The second kappa shape index (κ2) is 9.72. The predicted octanol–water partition coefficient (Wildman–Crippen LogP) is 2.42. The van der Waals surface area contributed by atoms with Crippen LogP contribution in [0.2, 0.25) is 0 Å². The maximum Gasteiger partial charge on any atom is 0.267 e. The average molecular weight is 452 g/mol. The van der Waals surface area contributed by atoms with Gasteiger partial charge in [-0.1, -0.05) is 12.1 Å². The van der Waals surface area contributed by atoms with Crippen molar-refractivity contribution in [3.63, 3.8) is 0 Å². The van der Waals surface area contributed by atoms with Crippen LogP contribution in [-0.4, -0.2) is 61.0 Å². The second-order valence-electron chi connectivity index (χ2n) is 7.60. The van der Waals surface area contributed by atoms with E-state index in [1.54, 1.807) is 18.1 Å². The summed E-state index contributed by atoms with van der Waals surface area (Å²) in [5.41, 5.74) is 1.05. The molecule has 1 aliphatic rings. The molecule has 4 rings (SSSR count). The minimum absolute atomic E-state index is 0.209. The summed E-state index contributed by atoms with van der Waals surface area (Å²) >= 11 is 0. The lowest BCUT2D eigenvalue weighted by atomic mass is 10.1. The highest BCUT2D eigenvalue weighted by atomic mass is 19.1. The van der Waals surface area contributed by atoms with Crippen LogP contribution < -0.4 is 19.9 Å². The molecule has 1 amide bonds. The van der Waals surface area contributed by atoms with E-state index < -0.39 is 11.4 Å². The number of ether oxygens (including phenoxy) is 2. The topological polar surface area (TPSA) is 76.9 Å². The molecule has 1 aliphatic heterocycles. The number of carbonyl (C=O) groups is 1. The maximum atomic E-state index is 14.4. The number of carbonyl (C=O) groups excluding carboxylic acids is 1. The van der Waals surface area contributed by atoms with Crippen molar-refractivity contribution in [2.75, 3.05) is 45.3 Å². The van der Waals surface area contributed by atoms with Gasteiger partial charge in [0, 0.05) is 43.9 Å². The fraction of sp³-hybridized carbons (Fsp3) is 0.292. The normalized spacial score (nSPS) is 13.7. The van der Waals surface area contributed by atoms with E-state index in [9.17, 15) is 14.0 Å². The summed E-state index contributed by atoms with van der Waals surface area (Å²) in [4.78, 5) is 29.1. The molecule has 2 aromatic carbocycles. The molecule has 0 atom stereocenters. The molecule has 0 radical (unpaired) electrons. The van der Waals surface area contributed by atoms with Crippen molar-refractivity contribution in [3.8, 4) is 22.8 Å². The Kier molecular flexibility index (Phi) is 6.58. The molecule has 2 heterocycles. The number of piperazine rings is 1. The number of nitrogens with zero attached hydrogens (tertiary/aromatic N) is 4. The van der Waals surface area contributed by atoms with Crippen LogP contribution in [0.4, 0.5) is 10.1 Å². The van der Waals surface area contributed by atoms with Crippen molar-refractivity contribution in [2.45, 2.75) is 6.54 Å². The van der Waals surface area contributed by atoms with E-state index in [-0.39, 0.29) is 23.7 Å². The molecule has 33 heavy (non-hydrogen) atoms. The van der Waals surface area contributed by atoms with Gasteiger partial charge < -0.3 is 19.3 Å². The van der Waals surface area contributed by atoms with Gasteiger partial charge in [-0.15, -0.1) is 0 Å². The lowest BCUT2D eigenvalue weighted by Gasteiger charge is -2.36. The van der Waals surface area contributed by atoms with E-state index in [4.69, 9.17) is 9.47 Å². The number of rotatable bonds is 6. The Morgan fingerprint density at radius 3 is 2.45 bits per heavy atom. The van der Waals surface area contributed by atoms with Gasteiger partial charge in [0.1, 0.15) is 23.9 Å². The number of para-hydroxylation sites is 2. The van der Waals surface area contributed by atoms with Gasteiger partial charge in [0.25, 0.3) is 5.56 Å². The van der Waals surface area contributed by atoms with Gasteiger partial charge in [0.2, 0.25) is 5.91 Å². The van der Waals surface area contributed by atoms with E-state index in [0.29, 0.717) is 31.9 Å². The van der Waals surface area contributed by atoms with E-state index >= 15 is 0 Å². The van der Waals surface area contributed by atoms with Crippen LogP contribution in [0.5, 0.6) is 11.5 Å². The van der Waals surface area contributed by atoms with Crippen LogP contribution in [0.25, 0.3) is 11.3 Å². The summed E-state index contributed by atoms with van der Waals surface area (Å²) in [6.07, 6.45) is 0. The zero-order chi connectivity index (χ0) is 23.4. The first-order valence-electron chi connectivity index (χ1n) is 10.6. The summed E-state index contributed by atoms with van der Waals surface area (Å²) < 4.78 is 26.0. The Bertz CT molecular complexity index is 1210. The highest BCUT2D eigenvalue weighted by molar-refractivity contribution is 5.76. The lowest BCUT2D eigenvalue weighted by molar-refractivity contribution is -0.132. The Labute approximate surface area is 190 Å². The van der Waals surface area contributed by atoms with Crippen molar-refractivity contribution in [2.24, 2.45) is 0 Å². The Hall–Kier alpha value is -3.88. The smallest absolute Gasteiger partial charge is 0.267 e. The molecule has 8 nitrogen and oxygen atoms in total. The molecule has 0 unspecified atom stereocenters. The minimum Gasteiger partial charge on any atom is -0.497 e. The van der Waals surface area contributed by atoms with Crippen LogP contribution in [0, 0.1) is 5.82 Å². The Morgan fingerprint density at radius 2 is 1.76 bits per heavy atom. The van der Waals surface area contributed by atoms with Gasteiger partial charge in [-0.05, 0) is 30.3 Å². The Morgan fingerprint density at radius 1 is 1.00 bits per heavy atom. The van der Waals surface area contributed by atoms with Gasteiger partial charge >= 0.3 is 0 Å². The number of hydrogen-bond donors (Lipinski definition) is 0. The molecule has 1 aromatic heterocycles. The highest BCUT2D eigenvalue weighted by Gasteiger charge is 2.23. The van der Waals surface area contributed by atoms with E-state index in [1.807, 2.05) is 24.3 Å². The SMILES string of the molecule is COc1ccc(-c2ccc(=O)n(CC(=O)N3CCN(c4ccccc4OC)CC3)n2)c(F)c1. The molecule has 0 bridgehead atoms. The van der Waals surface area contributed by atoms with E-state index in [0.717, 1.165) is 16.1 Å². The number of halogens is 1. The molecule has 172 valence electrons. The van der Waals surface area contributed by atoms with Crippen LogP contribution in [-0.2, 0) is 11.3 Å². The number of hydrogen-bond acceptors (Lipinski definition) is 6. The first-order valence-corrected chi connectivity index (χ1v) is 10.6. The minimum atomic E-state index is -0.522. The number of aromatic nitrogens is 2. The van der Waals surface area contributed by atoms with Crippen LogP contribution in [0.15, 0.2) is 59.4 Å². The van der Waals surface area contributed by atoms with E-state index in [1.165, 1.54) is 31.4 Å². The molecule has 3 aromatic rings. The highest BCUT2D eigenvalue weighted by Crippen LogP contribution is 2.28. The first-order chi connectivity index (χ1) is 16.0. The standard InChI is InChI=1S/C24H25FN4O4/c1-32-17-7-8-18(19(25)15-17)20-9-10-23(30)29(26-20)16-24(31)28-13-11-27(12-14-28)21-5-3-4-6-22(21)33-2/h3-10,15H,11-14,16H2,1-2H3. The summed E-state index contributed by atoms with van der Waals surface area (Å²) in [5, 5.41) is 4.23. The van der Waals surface area contributed by atoms with Gasteiger partial charge in [-0.2, -0.15) is 5.10 Å². The van der Waals surface area contributed by atoms with Crippen LogP contribution in [0.3, 0.4) is 0 Å². The largest absolute Gasteiger partial charge is 0.497 e. The number of methoxy groups -OCH3 is 2. The molecular weight excluding hydrogens is 427 g/mol. The number of anilines is 1.